The van der Waals surface area contributed by atoms with Crippen LogP contribution in [0.5, 0.6) is 0 Å². The van der Waals surface area contributed by atoms with Crippen molar-refractivity contribution >= 4 is 86.2 Å². The Balaban J connectivity index is 1.18. The van der Waals surface area contributed by atoms with Gasteiger partial charge in [0.2, 0.25) is 0 Å². The molecule has 0 saturated carbocycles. The van der Waals surface area contributed by atoms with Gasteiger partial charge < -0.3 is 0 Å². The van der Waals surface area contributed by atoms with Gasteiger partial charge in [0.15, 0.2) is 0 Å². The summed E-state index contributed by atoms with van der Waals surface area (Å²) in [5, 5.41) is 21.2. The van der Waals surface area contributed by atoms with Crippen molar-refractivity contribution in [1.29, 1.82) is 0 Å². The van der Waals surface area contributed by atoms with E-state index in [0.717, 1.165) is 6.42 Å². The fourth-order valence-electron chi connectivity index (χ4n) is 14.0. The second-order valence-electron chi connectivity index (χ2n) is 20.7. The molecule has 0 nitrogen and oxygen atoms in total. The van der Waals surface area contributed by atoms with Crippen LogP contribution in [0, 0.1) is 13.8 Å². The van der Waals surface area contributed by atoms with Gasteiger partial charge in [-0.1, -0.05) is 185 Å². The van der Waals surface area contributed by atoms with Gasteiger partial charge in [-0.05, 0) is 196 Å². The van der Waals surface area contributed by atoms with Crippen molar-refractivity contribution in [3.05, 3.63) is 192 Å². The van der Waals surface area contributed by atoms with Gasteiger partial charge in [-0.2, -0.15) is 0 Å². The molecule has 0 atom stereocenters. The van der Waals surface area contributed by atoms with E-state index in [1.165, 1.54) is 153 Å². The number of rotatable bonds is 2. The monoisotopic (exact) mass is 828 g/mol. The van der Waals surface area contributed by atoms with Crippen LogP contribution in [0.2, 0.25) is 0 Å². The van der Waals surface area contributed by atoms with E-state index in [9.17, 15) is 0 Å². The van der Waals surface area contributed by atoms with Crippen molar-refractivity contribution in [3.8, 4) is 44.5 Å². The van der Waals surface area contributed by atoms with Gasteiger partial charge in [0, 0.05) is 0 Å². The van der Waals surface area contributed by atoms with Crippen molar-refractivity contribution in [2.75, 3.05) is 0 Å². The Hall–Kier alpha value is -7.28. The van der Waals surface area contributed by atoms with Gasteiger partial charge in [0.05, 0.1) is 0 Å². The lowest BCUT2D eigenvalue weighted by Gasteiger charge is -2.44. The molecule has 0 amide bonds. The molecule has 2 aliphatic carbocycles. The van der Waals surface area contributed by atoms with Crippen molar-refractivity contribution in [2.45, 2.75) is 58.8 Å². The summed E-state index contributed by atoms with van der Waals surface area (Å²) in [6.45, 7) is 14.7. The van der Waals surface area contributed by atoms with Crippen LogP contribution in [0.15, 0.2) is 170 Å². The predicted octanol–water partition coefficient (Wildman–Crippen LogP) is 18.5. The van der Waals surface area contributed by atoms with E-state index in [4.69, 9.17) is 0 Å². The van der Waals surface area contributed by atoms with Gasteiger partial charge in [0.25, 0.3) is 0 Å². The minimum atomic E-state index is 0.0275. The Morgan fingerprint density at radius 2 is 0.585 bits per heavy atom. The van der Waals surface area contributed by atoms with Crippen LogP contribution in [0.4, 0.5) is 0 Å². The van der Waals surface area contributed by atoms with E-state index >= 15 is 0 Å². The molecule has 0 heterocycles. The Bertz CT molecular complexity index is 3820. The van der Waals surface area contributed by atoms with E-state index in [1.54, 1.807) is 0 Å². The Labute approximate surface area is 379 Å². The summed E-state index contributed by atoms with van der Waals surface area (Å²) in [4.78, 5) is 0. The fraction of sp³-hybridized carbons (Fsp3) is 0.138. The van der Waals surface area contributed by atoms with Gasteiger partial charge >= 0.3 is 0 Å². The lowest BCUT2D eigenvalue weighted by molar-refractivity contribution is 0.339. The molecule has 0 heteroatoms. The van der Waals surface area contributed by atoms with Crippen molar-refractivity contribution in [1.82, 2.24) is 0 Å². The van der Waals surface area contributed by atoms with Crippen LogP contribution in [0.1, 0.15) is 56.4 Å². The number of benzene rings is 12. The summed E-state index contributed by atoms with van der Waals surface area (Å²) in [7, 11) is 0. The Morgan fingerprint density at radius 3 is 0.923 bits per heavy atom. The zero-order valence-electron chi connectivity index (χ0n) is 37.9. The highest BCUT2D eigenvalue weighted by molar-refractivity contribution is 6.32. The Morgan fingerprint density at radius 1 is 0.292 bits per heavy atom. The van der Waals surface area contributed by atoms with E-state index < -0.39 is 0 Å². The van der Waals surface area contributed by atoms with Crippen molar-refractivity contribution in [2.24, 2.45) is 0 Å². The molecule has 0 radical (unpaired) electrons. The Kier molecular flexibility index (Phi) is 7.26. The highest BCUT2D eigenvalue weighted by Gasteiger charge is 2.44. The summed E-state index contributed by atoms with van der Waals surface area (Å²) in [6, 6.07) is 65.0. The zero-order chi connectivity index (χ0) is 43.7. The van der Waals surface area contributed by atoms with Crippen LogP contribution in [-0.2, 0) is 10.8 Å². The molecular weight excluding hydrogens is 781 g/mol. The van der Waals surface area contributed by atoms with Crippen molar-refractivity contribution < 1.29 is 0 Å². The number of hydrogen-bond donors (Lipinski definition) is 0. The van der Waals surface area contributed by atoms with E-state index in [1.807, 2.05) is 0 Å². The highest BCUT2D eigenvalue weighted by atomic mass is 14.5. The summed E-state index contributed by atoms with van der Waals surface area (Å²) in [5.74, 6) is 0. The lowest BCUT2D eigenvalue weighted by atomic mass is 9.59. The molecule has 12 aromatic carbocycles. The summed E-state index contributed by atoms with van der Waals surface area (Å²) in [6.07, 6.45) is 1.12. The van der Waals surface area contributed by atoms with Crippen LogP contribution < -0.4 is 0 Å². The average Bonchev–Trinajstić information content (AvgIpc) is 3.62. The fourth-order valence-corrected chi connectivity index (χ4v) is 14.0. The standard InChI is InChI=1S/C65H48/c1-36-31-54-58-55(32-37(2)63-61(58)62(36)64(3,4)35-65(63,5)6)60-57(39-28-30-49-45-22-10-8-18-41(45)43-20-12-14-24-47(43)53(49)34-39)51-26-16-15-25-50(51)56(59(54)60)38-27-29-48-44-21-9-7-17-40(44)42-19-11-13-23-46(42)52(48)33-38/h7-34H,35H2,1-6H3. The summed E-state index contributed by atoms with van der Waals surface area (Å²) < 4.78 is 0. The van der Waals surface area contributed by atoms with E-state index in [-0.39, 0.29) is 10.8 Å². The maximum Gasteiger partial charge on any atom is -0.000731 e. The smallest absolute Gasteiger partial charge is 0.000731 e. The quantitative estimate of drug-likeness (QED) is 0.152. The molecule has 0 N–H and O–H groups in total. The van der Waals surface area contributed by atoms with Gasteiger partial charge in [-0.15, -0.1) is 0 Å². The molecule has 0 bridgehead atoms. The molecule has 0 unspecified atom stereocenters. The van der Waals surface area contributed by atoms with E-state index in [0.29, 0.717) is 0 Å². The summed E-state index contributed by atoms with van der Waals surface area (Å²) in [5.41, 5.74) is 16.6. The molecule has 0 saturated heterocycles. The second kappa shape index (κ2) is 12.7. The average molecular weight is 829 g/mol. The van der Waals surface area contributed by atoms with Gasteiger partial charge in [-0.25, -0.2) is 0 Å². The number of hydrogen-bond acceptors (Lipinski definition) is 0. The SMILES string of the molecule is Cc1cc2c3c(cc(C)c4c3c1C(C)(C)CC4(C)C)-c1c-2c(-c2ccc3c4ccccc4c4ccccc4c3c2)c2ccccc2c1-c1ccc2c3ccccc3c3ccccc3c2c1. The molecule has 2 aliphatic rings. The van der Waals surface area contributed by atoms with Crippen LogP contribution in [-0.4, -0.2) is 0 Å². The molecule has 0 spiro atoms. The molecule has 0 aliphatic heterocycles. The zero-order valence-corrected chi connectivity index (χ0v) is 37.9. The van der Waals surface area contributed by atoms with Crippen molar-refractivity contribution in [3.63, 3.8) is 0 Å². The highest BCUT2D eigenvalue weighted by Crippen LogP contribution is 2.63. The predicted molar refractivity (Wildman–Crippen MR) is 282 cm³/mol. The maximum atomic E-state index is 2.58. The first-order valence-corrected chi connectivity index (χ1v) is 23.5. The van der Waals surface area contributed by atoms with Gasteiger partial charge in [-0.3, -0.25) is 0 Å². The maximum absolute atomic E-state index is 2.58. The molecule has 308 valence electrons. The minimum absolute atomic E-state index is 0.0275. The van der Waals surface area contributed by atoms with Crippen LogP contribution in [0.3, 0.4) is 0 Å². The molecule has 65 heavy (non-hydrogen) atoms. The van der Waals surface area contributed by atoms with Crippen LogP contribution >= 0.6 is 0 Å². The third-order valence-electron chi connectivity index (χ3n) is 15.9. The molecular formula is C65H48. The molecule has 0 fully saturated rings. The lowest BCUT2D eigenvalue weighted by Crippen LogP contribution is -2.36. The molecule has 12 aromatic rings. The normalized spacial score (nSPS) is 14.8. The number of fused-ring (bicyclic) bond motifs is 16. The van der Waals surface area contributed by atoms with Crippen LogP contribution in [0.25, 0.3) is 131 Å². The molecule has 14 rings (SSSR count). The van der Waals surface area contributed by atoms with Gasteiger partial charge in [0.1, 0.15) is 0 Å². The first-order valence-electron chi connectivity index (χ1n) is 23.5. The largest absolute Gasteiger partial charge is 0.0616 e. The summed E-state index contributed by atoms with van der Waals surface area (Å²) >= 11 is 0. The second-order valence-corrected chi connectivity index (χ2v) is 20.7. The van der Waals surface area contributed by atoms with E-state index in [2.05, 4.69) is 211 Å². The molecule has 0 aromatic heterocycles. The number of aryl methyl sites for hydroxylation is 2. The minimum Gasteiger partial charge on any atom is -0.0616 e. The third kappa shape index (κ3) is 4.82. The topological polar surface area (TPSA) is 0 Å². The third-order valence-corrected chi connectivity index (χ3v) is 15.9. The first kappa shape index (κ1) is 37.1. The first-order chi connectivity index (χ1) is 31.6.